The molecular formula is C19H21N3O5. The van der Waals surface area contributed by atoms with E-state index in [1.165, 1.54) is 27.5 Å². The Bertz CT molecular complexity index is 957. The van der Waals surface area contributed by atoms with Crippen LogP contribution in [-0.4, -0.2) is 43.8 Å². The third kappa shape index (κ3) is 4.10. The Morgan fingerprint density at radius 2 is 1.96 bits per heavy atom. The lowest BCUT2D eigenvalue weighted by atomic mass is 10.1. The largest absolute Gasteiger partial charge is 0.494 e. The van der Waals surface area contributed by atoms with E-state index in [4.69, 9.17) is 14.2 Å². The van der Waals surface area contributed by atoms with Crippen molar-refractivity contribution in [3.05, 3.63) is 45.2 Å². The predicted molar refractivity (Wildman–Crippen MR) is 100 cm³/mol. The third-order valence-corrected chi connectivity index (χ3v) is 4.08. The number of ether oxygens (including phenoxy) is 3. The molecule has 0 aliphatic heterocycles. The lowest BCUT2D eigenvalue weighted by Crippen LogP contribution is -2.26. The summed E-state index contributed by atoms with van der Waals surface area (Å²) in [7, 11) is 4.54. The highest BCUT2D eigenvalue weighted by atomic mass is 16.5. The first kappa shape index (κ1) is 20.0. The van der Waals surface area contributed by atoms with Gasteiger partial charge in [0.1, 0.15) is 11.6 Å². The molecule has 1 N–H and O–H groups in total. The van der Waals surface area contributed by atoms with E-state index in [1.54, 1.807) is 25.1 Å². The molecule has 2 rings (SSSR count). The summed E-state index contributed by atoms with van der Waals surface area (Å²) in [6.45, 7) is 1.93. The molecule has 0 atom stereocenters. The second-order valence-electron chi connectivity index (χ2n) is 5.60. The molecule has 0 spiro atoms. The van der Waals surface area contributed by atoms with E-state index < -0.39 is 5.56 Å². The highest BCUT2D eigenvalue weighted by molar-refractivity contribution is 5.87. The van der Waals surface area contributed by atoms with Gasteiger partial charge in [0.15, 0.2) is 11.5 Å². The molecule has 2 aromatic rings. The lowest BCUT2D eigenvalue weighted by molar-refractivity contribution is 0.182. The molecule has 1 aromatic heterocycles. The summed E-state index contributed by atoms with van der Waals surface area (Å²) in [5.74, 6) is 0.809. The van der Waals surface area contributed by atoms with Crippen LogP contribution in [0.4, 0.5) is 5.69 Å². The summed E-state index contributed by atoms with van der Waals surface area (Å²) in [6.07, 6.45) is 1.41. The monoisotopic (exact) mass is 371 g/mol. The first-order valence-electron chi connectivity index (χ1n) is 8.09. The van der Waals surface area contributed by atoms with Gasteiger partial charge in [0.05, 0.1) is 38.6 Å². The van der Waals surface area contributed by atoms with E-state index in [1.807, 2.05) is 6.07 Å². The first-order chi connectivity index (χ1) is 13.0. The summed E-state index contributed by atoms with van der Waals surface area (Å²) in [5.41, 5.74) is 0.597. The van der Waals surface area contributed by atoms with E-state index in [0.717, 1.165) is 4.57 Å². The average Bonchev–Trinajstić information content (AvgIpc) is 2.68. The molecule has 0 saturated carbocycles. The van der Waals surface area contributed by atoms with Crippen molar-refractivity contribution in [2.45, 2.75) is 13.5 Å². The second-order valence-corrected chi connectivity index (χ2v) is 5.60. The number of methoxy groups -OCH3 is 3. The van der Waals surface area contributed by atoms with Gasteiger partial charge in [-0.1, -0.05) is 0 Å². The Hall–Kier alpha value is -3.31. The molecule has 27 heavy (non-hydrogen) atoms. The fraction of sp³-hybridized carbons (Fsp3) is 0.316. The number of aromatic hydroxyl groups is 1. The number of nitriles is 1. The van der Waals surface area contributed by atoms with Crippen molar-refractivity contribution < 1.29 is 19.3 Å². The van der Waals surface area contributed by atoms with Crippen LogP contribution in [0.1, 0.15) is 16.7 Å². The number of benzene rings is 1. The Morgan fingerprint density at radius 1 is 1.26 bits per heavy atom. The molecular weight excluding hydrogens is 350 g/mol. The van der Waals surface area contributed by atoms with Crippen molar-refractivity contribution in [2.24, 2.45) is 4.99 Å². The minimum absolute atomic E-state index is 0.0438. The standard InChI is InChI=1S/C19H21N3O5/c1-12-14(10-20)18(23)22(7-8-25-2)19(24)15(12)11-21-13-5-6-16(26-3)17(9-13)27-4/h5-6,9,11,24H,7-8H2,1-4H3. The molecule has 0 saturated heterocycles. The van der Waals surface area contributed by atoms with E-state index >= 15 is 0 Å². The van der Waals surface area contributed by atoms with Crippen LogP contribution in [0.3, 0.4) is 0 Å². The number of nitrogens with zero attached hydrogens (tertiary/aromatic N) is 3. The van der Waals surface area contributed by atoms with Gasteiger partial charge in [0, 0.05) is 19.4 Å². The van der Waals surface area contributed by atoms with Gasteiger partial charge in [-0.25, -0.2) is 0 Å². The zero-order valence-electron chi connectivity index (χ0n) is 15.6. The number of aromatic nitrogens is 1. The van der Waals surface area contributed by atoms with Gasteiger partial charge in [-0.2, -0.15) is 5.26 Å². The zero-order chi connectivity index (χ0) is 20.0. The summed E-state index contributed by atoms with van der Waals surface area (Å²) >= 11 is 0. The summed E-state index contributed by atoms with van der Waals surface area (Å²) in [5, 5.41) is 19.8. The van der Waals surface area contributed by atoms with E-state index in [2.05, 4.69) is 4.99 Å². The Balaban J connectivity index is 2.54. The quantitative estimate of drug-likeness (QED) is 0.748. The molecule has 8 nitrogen and oxygen atoms in total. The maximum Gasteiger partial charge on any atom is 0.271 e. The van der Waals surface area contributed by atoms with Gasteiger partial charge < -0.3 is 19.3 Å². The fourth-order valence-corrected chi connectivity index (χ4v) is 2.56. The SMILES string of the molecule is COCCn1c(O)c(C=Nc2ccc(OC)c(OC)c2)c(C)c(C#N)c1=O. The number of hydrogen-bond acceptors (Lipinski definition) is 7. The maximum absolute atomic E-state index is 12.4. The predicted octanol–water partition coefficient (Wildman–Crippen LogP) is 2.15. The smallest absolute Gasteiger partial charge is 0.271 e. The van der Waals surface area contributed by atoms with Crippen molar-refractivity contribution in [3.63, 3.8) is 0 Å². The van der Waals surface area contributed by atoms with Gasteiger partial charge >= 0.3 is 0 Å². The molecule has 0 bridgehead atoms. The molecule has 142 valence electrons. The highest BCUT2D eigenvalue weighted by Gasteiger charge is 2.17. The molecule has 0 amide bonds. The Kier molecular flexibility index (Phi) is 6.57. The van der Waals surface area contributed by atoms with Crippen LogP contribution in [0.25, 0.3) is 0 Å². The fourth-order valence-electron chi connectivity index (χ4n) is 2.56. The van der Waals surface area contributed by atoms with E-state index in [-0.39, 0.29) is 30.2 Å². The molecule has 0 aliphatic rings. The maximum atomic E-state index is 12.4. The van der Waals surface area contributed by atoms with Crippen LogP contribution in [-0.2, 0) is 11.3 Å². The van der Waals surface area contributed by atoms with Crippen molar-refractivity contribution >= 4 is 11.9 Å². The van der Waals surface area contributed by atoms with Crippen molar-refractivity contribution in [1.82, 2.24) is 4.57 Å². The Morgan fingerprint density at radius 3 is 2.56 bits per heavy atom. The summed E-state index contributed by atoms with van der Waals surface area (Å²) in [6, 6.07) is 7.00. The van der Waals surface area contributed by atoms with Gasteiger partial charge in [0.2, 0.25) is 5.88 Å². The topological polar surface area (TPSA) is 106 Å². The molecule has 1 aromatic carbocycles. The second kappa shape index (κ2) is 8.87. The highest BCUT2D eigenvalue weighted by Crippen LogP contribution is 2.31. The van der Waals surface area contributed by atoms with Crippen molar-refractivity contribution in [2.75, 3.05) is 27.9 Å². The third-order valence-electron chi connectivity index (χ3n) is 4.08. The number of pyridine rings is 1. The lowest BCUT2D eigenvalue weighted by Gasteiger charge is -2.13. The number of aliphatic imine (C=N–C) groups is 1. The van der Waals surface area contributed by atoms with Crippen LogP contribution in [0, 0.1) is 18.3 Å². The van der Waals surface area contributed by atoms with Crippen molar-refractivity contribution in [3.8, 4) is 23.4 Å². The minimum atomic E-state index is -0.562. The van der Waals surface area contributed by atoms with Crippen molar-refractivity contribution in [1.29, 1.82) is 5.26 Å². The van der Waals surface area contributed by atoms with Gasteiger partial charge in [-0.3, -0.25) is 14.4 Å². The average molecular weight is 371 g/mol. The first-order valence-corrected chi connectivity index (χ1v) is 8.09. The van der Waals surface area contributed by atoms with E-state index in [9.17, 15) is 15.2 Å². The van der Waals surface area contributed by atoms with Gasteiger partial charge in [0.25, 0.3) is 5.56 Å². The summed E-state index contributed by atoms with van der Waals surface area (Å²) < 4.78 is 16.5. The van der Waals surface area contributed by atoms with Crippen LogP contribution in [0.15, 0.2) is 28.0 Å². The van der Waals surface area contributed by atoms with Crippen LogP contribution >= 0.6 is 0 Å². The molecule has 1 heterocycles. The van der Waals surface area contributed by atoms with Gasteiger partial charge in [-0.15, -0.1) is 0 Å². The normalized spacial score (nSPS) is 10.8. The van der Waals surface area contributed by atoms with Crippen LogP contribution in [0.5, 0.6) is 17.4 Å². The molecule has 0 aliphatic carbocycles. The molecule has 0 fully saturated rings. The van der Waals surface area contributed by atoms with Crippen LogP contribution in [0.2, 0.25) is 0 Å². The Labute approximate surface area is 156 Å². The minimum Gasteiger partial charge on any atom is -0.494 e. The van der Waals surface area contributed by atoms with E-state index in [0.29, 0.717) is 22.7 Å². The molecule has 0 radical (unpaired) electrons. The molecule has 0 unspecified atom stereocenters. The zero-order valence-corrected chi connectivity index (χ0v) is 15.6. The summed E-state index contributed by atoms with van der Waals surface area (Å²) in [4.78, 5) is 16.7. The molecule has 8 heteroatoms. The van der Waals surface area contributed by atoms with Crippen LogP contribution < -0.4 is 15.0 Å². The number of rotatable bonds is 7. The van der Waals surface area contributed by atoms with Gasteiger partial charge in [-0.05, 0) is 24.6 Å². The number of hydrogen-bond donors (Lipinski definition) is 1.